The molecular weight excluding hydrogens is 377 g/mol. The van der Waals surface area contributed by atoms with Crippen molar-refractivity contribution in [2.45, 2.75) is 63.8 Å². The number of halogens is 3. The number of aryl methyl sites for hydroxylation is 1. The number of rotatable bonds is 3. The number of carbonyl (C=O) groups is 1. The lowest BCUT2D eigenvalue weighted by molar-refractivity contribution is -0.173. The highest BCUT2D eigenvalue weighted by Gasteiger charge is 2.46. The molecule has 0 radical (unpaired) electrons. The van der Waals surface area contributed by atoms with Crippen LogP contribution in [0.2, 0.25) is 0 Å². The van der Waals surface area contributed by atoms with E-state index in [-0.39, 0.29) is 30.8 Å². The summed E-state index contributed by atoms with van der Waals surface area (Å²) < 4.78 is 46.0. The van der Waals surface area contributed by atoms with Gasteiger partial charge in [-0.05, 0) is 33.1 Å². The van der Waals surface area contributed by atoms with Crippen LogP contribution in [0.4, 0.5) is 19.0 Å². The summed E-state index contributed by atoms with van der Waals surface area (Å²) in [5.74, 6) is 0.174. The third-order valence-electron chi connectivity index (χ3n) is 5.38. The molecule has 0 unspecified atom stereocenters. The molecular formula is C17H21F3N6O2. The Hall–Kier alpha value is -2.59. The zero-order valence-electron chi connectivity index (χ0n) is 15.5. The Labute approximate surface area is 159 Å². The summed E-state index contributed by atoms with van der Waals surface area (Å²) in [6.45, 7) is 3.95. The highest BCUT2D eigenvalue weighted by molar-refractivity contribution is 5.79. The van der Waals surface area contributed by atoms with Gasteiger partial charge in [0, 0.05) is 18.7 Å². The van der Waals surface area contributed by atoms with Crippen LogP contribution in [0.25, 0.3) is 0 Å². The molecule has 2 aliphatic heterocycles. The number of nitrogens with one attached hydrogen (secondary N) is 1. The maximum absolute atomic E-state index is 13.5. The highest BCUT2D eigenvalue weighted by atomic mass is 19.4. The number of anilines is 1. The number of fused-ring (bicyclic) bond motifs is 1. The summed E-state index contributed by atoms with van der Waals surface area (Å²) in [7, 11) is 0. The SMILES string of the molecule is Cc1nonc1CC(=O)N1CCC[C@H]1c1cc2n(n1)[C@@H](C(F)(F)F)C[C@@H](C)N2. The van der Waals surface area contributed by atoms with E-state index in [1.807, 2.05) is 0 Å². The van der Waals surface area contributed by atoms with Gasteiger partial charge in [-0.3, -0.25) is 4.79 Å². The number of aromatic nitrogens is 4. The molecule has 4 heterocycles. The maximum Gasteiger partial charge on any atom is 0.410 e. The van der Waals surface area contributed by atoms with Crippen molar-refractivity contribution in [2.75, 3.05) is 11.9 Å². The number of nitrogens with zero attached hydrogens (tertiary/aromatic N) is 5. The summed E-state index contributed by atoms with van der Waals surface area (Å²) in [6, 6.07) is -0.695. The molecule has 0 bridgehead atoms. The predicted molar refractivity (Wildman–Crippen MR) is 91.4 cm³/mol. The lowest BCUT2D eigenvalue weighted by Gasteiger charge is -2.31. The average molecular weight is 398 g/mol. The van der Waals surface area contributed by atoms with Gasteiger partial charge >= 0.3 is 6.18 Å². The van der Waals surface area contributed by atoms with Crippen LogP contribution < -0.4 is 5.32 Å². The van der Waals surface area contributed by atoms with Crippen molar-refractivity contribution in [1.29, 1.82) is 0 Å². The fourth-order valence-electron chi connectivity index (χ4n) is 3.97. The lowest BCUT2D eigenvalue weighted by Crippen LogP contribution is -2.38. The lowest BCUT2D eigenvalue weighted by atomic mass is 10.1. The quantitative estimate of drug-likeness (QED) is 0.855. The molecule has 1 amide bonds. The van der Waals surface area contributed by atoms with Crippen molar-refractivity contribution in [3.63, 3.8) is 0 Å². The van der Waals surface area contributed by atoms with Crippen LogP contribution in [0, 0.1) is 6.92 Å². The zero-order valence-corrected chi connectivity index (χ0v) is 15.5. The van der Waals surface area contributed by atoms with Crippen LogP contribution in [0.5, 0.6) is 0 Å². The molecule has 1 fully saturated rings. The van der Waals surface area contributed by atoms with Crippen LogP contribution in [0.3, 0.4) is 0 Å². The molecule has 0 saturated carbocycles. The van der Waals surface area contributed by atoms with Gasteiger partial charge in [0.2, 0.25) is 5.91 Å². The smallest absolute Gasteiger partial charge is 0.368 e. The van der Waals surface area contributed by atoms with Gasteiger partial charge in [0.15, 0.2) is 6.04 Å². The van der Waals surface area contributed by atoms with Crippen LogP contribution in [0.1, 0.15) is 55.4 Å². The minimum atomic E-state index is -4.38. The molecule has 0 aliphatic carbocycles. The van der Waals surface area contributed by atoms with Gasteiger partial charge in [0.1, 0.15) is 17.2 Å². The first-order chi connectivity index (χ1) is 13.2. The Balaban J connectivity index is 1.59. The molecule has 2 aromatic heterocycles. The van der Waals surface area contributed by atoms with Gasteiger partial charge in [-0.25, -0.2) is 9.31 Å². The van der Waals surface area contributed by atoms with Crippen LogP contribution in [0.15, 0.2) is 10.7 Å². The number of alkyl halides is 3. The van der Waals surface area contributed by atoms with Crippen molar-refractivity contribution in [1.82, 2.24) is 25.0 Å². The molecule has 11 heteroatoms. The summed E-state index contributed by atoms with van der Waals surface area (Å²) in [5, 5.41) is 14.7. The molecule has 2 aliphatic rings. The summed E-state index contributed by atoms with van der Waals surface area (Å²) >= 11 is 0. The monoisotopic (exact) mass is 398 g/mol. The van der Waals surface area contributed by atoms with Crippen molar-refractivity contribution >= 4 is 11.7 Å². The topological polar surface area (TPSA) is 89.1 Å². The zero-order chi connectivity index (χ0) is 20.1. The van der Waals surface area contributed by atoms with E-state index in [1.165, 1.54) is 0 Å². The number of carbonyl (C=O) groups excluding carboxylic acids is 1. The second-order valence-electron chi connectivity index (χ2n) is 7.46. The first-order valence-corrected chi connectivity index (χ1v) is 9.24. The molecule has 8 nitrogen and oxygen atoms in total. The Morgan fingerprint density at radius 2 is 2.18 bits per heavy atom. The molecule has 4 rings (SSSR count). The standard InChI is InChI=1S/C17H21F3N6O2/c1-9-6-14(17(18,19)20)26-15(21-9)7-12(22-26)13-4-3-5-25(13)16(27)8-11-10(2)23-28-24-11/h7,9,13-14,21H,3-6,8H2,1-2H3/t9-,13+,14-/m1/s1. The number of hydrogen-bond acceptors (Lipinski definition) is 6. The summed E-state index contributed by atoms with van der Waals surface area (Å²) in [5.41, 5.74) is 1.49. The van der Waals surface area contributed by atoms with E-state index in [0.29, 0.717) is 35.9 Å². The number of hydrogen-bond donors (Lipinski definition) is 1. The molecule has 1 N–H and O–H groups in total. The molecule has 0 aromatic carbocycles. The largest absolute Gasteiger partial charge is 0.410 e. The van der Waals surface area contributed by atoms with Crippen molar-refractivity contribution < 1.29 is 22.6 Å². The molecule has 0 spiro atoms. The summed E-state index contributed by atoms with van der Waals surface area (Å²) in [6.07, 6.45) is -2.99. The van der Waals surface area contributed by atoms with Gasteiger partial charge < -0.3 is 10.2 Å². The normalized spacial score (nSPS) is 24.9. The Bertz CT molecular complexity index is 877. The highest BCUT2D eigenvalue weighted by Crippen LogP contribution is 2.41. The number of amides is 1. The van der Waals surface area contributed by atoms with Crippen LogP contribution in [-0.4, -0.2) is 49.7 Å². The molecule has 2 aromatic rings. The third-order valence-corrected chi connectivity index (χ3v) is 5.38. The second kappa shape index (κ2) is 6.78. The molecule has 152 valence electrons. The third kappa shape index (κ3) is 3.33. The average Bonchev–Trinajstić information content (AvgIpc) is 3.32. The second-order valence-corrected chi connectivity index (χ2v) is 7.46. The van der Waals surface area contributed by atoms with E-state index in [1.54, 1.807) is 24.8 Å². The van der Waals surface area contributed by atoms with E-state index >= 15 is 0 Å². The molecule has 1 saturated heterocycles. The van der Waals surface area contributed by atoms with E-state index in [2.05, 4.69) is 25.4 Å². The number of likely N-dealkylation sites (tertiary alicyclic amines) is 1. The Morgan fingerprint density at radius 1 is 1.39 bits per heavy atom. The van der Waals surface area contributed by atoms with E-state index < -0.39 is 12.2 Å². The van der Waals surface area contributed by atoms with Crippen LogP contribution >= 0.6 is 0 Å². The van der Waals surface area contributed by atoms with E-state index in [0.717, 1.165) is 11.1 Å². The first kappa shape index (κ1) is 18.8. The molecule has 3 atom stereocenters. The van der Waals surface area contributed by atoms with Crippen molar-refractivity contribution in [2.24, 2.45) is 0 Å². The maximum atomic E-state index is 13.5. The fourth-order valence-corrected chi connectivity index (χ4v) is 3.97. The first-order valence-electron chi connectivity index (χ1n) is 9.24. The van der Waals surface area contributed by atoms with Crippen molar-refractivity contribution in [3.05, 3.63) is 23.1 Å². The van der Waals surface area contributed by atoms with Crippen LogP contribution in [-0.2, 0) is 11.2 Å². The predicted octanol–water partition coefficient (Wildman–Crippen LogP) is 2.79. The minimum Gasteiger partial charge on any atom is -0.368 e. The van der Waals surface area contributed by atoms with E-state index in [9.17, 15) is 18.0 Å². The fraction of sp³-hybridized carbons (Fsp3) is 0.647. The van der Waals surface area contributed by atoms with E-state index in [4.69, 9.17) is 0 Å². The van der Waals surface area contributed by atoms with Gasteiger partial charge in [-0.1, -0.05) is 10.3 Å². The van der Waals surface area contributed by atoms with Gasteiger partial charge in [-0.2, -0.15) is 18.3 Å². The van der Waals surface area contributed by atoms with Gasteiger partial charge in [0.05, 0.1) is 18.2 Å². The van der Waals surface area contributed by atoms with Gasteiger partial charge in [0.25, 0.3) is 0 Å². The Morgan fingerprint density at radius 3 is 2.86 bits per heavy atom. The summed E-state index contributed by atoms with van der Waals surface area (Å²) in [4.78, 5) is 14.4. The van der Waals surface area contributed by atoms with Gasteiger partial charge in [-0.15, -0.1) is 0 Å². The molecule has 28 heavy (non-hydrogen) atoms. The van der Waals surface area contributed by atoms with Crippen molar-refractivity contribution in [3.8, 4) is 0 Å². The Kier molecular flexibility index (Phi) is 4.54. The minimum absolute atomic E-state index is 0.0415.